The summed E-state index contributed by atoms with van der Waals surface area (Å²) in [6.45, 7) is 3.92. The first-order chi connectivity index (χ1) is 8.41. The summed E-state index contributed by atoms with van der Waals surface area (Å²) in [5.74, 6) is 0.503. The van der Waals surface area contributed by atoms with Crippen LogP contribution in [0.25, 0.3) is 0 Å². The summed E-state index contributed by atoms with van der Waals surface area (Å²) in [6.07, 6.45) is 2.55. The average Bonchev–Trinajstić information content (AvgIpc) is 2.72. The number of rotatable bonds is 2. The summed E-state index contributed by atoms with van der Waals surface area (Å²) < 4.78 is 0.930. The largest absolute Gasteiger partial charge is 0.384 e. The Morgan fingerprint density at radius 3 is 2.78 bits per heavy atom. The third-order valence-electron chi connectivity index (χ3n) is 4.29. The van der Waals surface area contributed by atoms with Gasteiger partial charge >= 0.3 is 0 Å². The van der Waals surface area contributed by atoms with Crippen molar-refractivity contribution >= 4 is 15.9 Å². The molecule has 3 atom stereocenters. The van der Waals surface area contributed by atoms with Gasteiger partial charge in [-0.15, -0.1) is 0 Å². The lowest BCUT2D eigenvalue weighted by Gasteiger charge is -2.38. The SMILES string of the molecule is CC1CCC(C#N)(C(C)(O)c2cccc(Br)c2)C1. The van der Waals surface area contributed by atoms with Gasteiger partial charge in [0.15, 0.2) is 0 Å². The predicted molar refractivity (Wildman–Crippen MR) is 74.8 cm³/mol. The van der Waals surface area contributed by atoms with Crippen molar-refractivity contribution in [1.82, 2.24) is 0 Å². The number of benzene rings is 1. The van der Waals surface area contributed by atoms with E-state index >= 15 is 0 Å². The molecule has 0 heterocycles. The van der Waals surface area contributed by atoms with Crippen LogP contribution < -0.4 is 0 Å². The van der Waals surface area contributed by atoms with E-state index in [1.165, 1.54) is 0 Å². The normalized spacial score (nSPS) is 30.7. The van der Waals surface area contributed by atoms with Gasteiger partial charge in [-0.05, 0) is 49.8 Å². The molecule has 0 bridgehead atoms. The van der Waals surface area contributed by atoms with E-state index in [1.54, 1.807) is 6.92 Å². The molecule has 0 amide bonds. The first-order valence-corrected chi connectivity index (χ1v) is 7.10. The molecule has 96 valence electrons. The van der Waals surface area contributed by atoms with E-state index in [-0.39, 0.29) is 0 Å². The van der Waals surface area contributed by atoms with Gasteiger partial charge in [-0.1, -0.05) is 35.0 Å². The van der Waals surface area contributed by atoms with Gasteiger partial charge in [0.05, 0.1) is 11.5 Å². The zero-order chi connectivity index (χ0) is 13.4. The van der Waals surface area contributed by atoms with Crippen molar-refractivity contribution in [2.75, 3.05) is 0 Å². The summed E-state index contributed by atoms with van der Waals surface area (Å²) in [7, 11) is 0. The number of halogens is 1. The van der Waals surface area contributed by atoms with Gasteiger partial charge < -0.3 is 5.11 Å². The second-order valence-electron chi connectivity index (χ2n) is 5.62. The molecule has 0 spiro atoms. The number of aliphatic hydroxyl groups is 1. The zero-order valence-corrected chi connectivity index (χ0v) is 12.4. The fraction of sp³-hybridized carbons (Fsp3) is 0.533. The molecule has 0 aromatic heterocycles. The standard InChI is InChI=1S/C15H18BrNO/c1-11-6-7-15(9-11,10-17)14(2,18)12-4-3-5-13(16)8-12/h3-5,8,11,18H,6-7,9H2,1-2H3. The third kappa shape index (κ3) is 2.08. The van der Waals surface area contributed by atoms with Gasteiger partial charge in [-0.3, -0.25) is 0 Å². The number of hydrogen-bond acceptors (Lipinski definition) is 2. The Hall–Kier alpha value is -0.850. The van der Waals surface area contributed by atoms with Crippen molar-refractivity contribution in [3.05, 3.63) is 34.3 Å². The Morgan fingerprint density at radius 2 is 2.28 bits per heavy atom. The molecule has 18 heavy (non-hydrogen) atoms. The topological polar surface area (TPSA) is 44.0 Å². The van der Waals surface area contributed by atoms with Gasteiger partial charge in [0.2, 0.25) is 0 Å². The van der Waals surface area contributed by atoms with Crippen LogP contribution in [0.4, 0.5) is 0 Å². The summed E-state index contributed by atoms with van der Waals surface area (Å²) >= 11 is 3.42. The van der Waals surface area contributed by atoms with Gasteiger partial charge in [0, 0.05) is 4.47 Å². The van der Waals surface area contributed by atoms with Crippen molar-refractivity contribution in [3.8, 4) is 6.07 Å². The highest BCUT2D eigenvalue weighted by Gasteiger charge is 2.52. The Bertz CT molecular complexity index is 492. The minimum absolute atomic E-state index is 0.503. The molecule has 1 aliphatic carbocycles. The van der Waals surface area contributed by atoms with Crippen molar-refractivity contribution in [1.29, 1.82) is 5.26 Å². The second kappa shape index (κ2) is 4.68. The van der Waals surface area contributed by atoms with E-state index in [9.17, 15) is 10.4 Å². The van der Waals surface area contributed by atoms with Crippen LogP contribution in [0.1, 0.15) is 38.7 Å². The van der Waals surface area contributed by atoms with E-state index < -0.39 is 11.0 Å². The third-order valence-corrected chi connectivity index (χ3v) is 4.79. The van der Waals surface area contributed by atoms with E-state index in [4.69, 9.17) is 0 Å². The van der Waals surface area contributed by atoms with E-state index in [0.29, 0.717) is 5.92 Å². The smallest absolute Gasteiger partial charge is 0.105 e. The molecular weight excluding hydrogens is 290 g/mol. The van der Waals surface area contributed by atoms with Crippen LogP contribution in [0.5, 0.6) is 0 Å². The molecule has 2 rings (SSSR count). The van der Waals surface area contributed by atoms with Crippen LogP contribution in [0.15, 0.2) is 28.7 Å². The van der Waals surface area contributed by atoms with Crippen LogP contribution in [0.3, 0.4) is 0 Å². The van der Waals surface area contributed by atoms with Crippen LogP contribution in [0.2, 0.25) is 0 Å². The molecule has 0 saturated heterocycles. The summed E-state index contributed by atoms with van der Waals surface area (Å²) in [5, 5.41) is 20.5. The number of hydrogen-bond donors (Lipinski definition) is 1. The maximum Gasteiger partial charge on any atom is 0.105 e. The monoisotopic (exact) mass is 307 g/mol. The van der Waals surface area contributed by atoms with Gasteiger partial charge in [-0.25, -0.2) is 0 Å². The fourth-order valence-corrected chi connectivity index (χ4v) is 3.41. The molecule has 1 aliphatic rings. The van der Waals surface area contributed by atoms with Gasteiger partial charge in [0.1, 0.15) is 5.60 Å². The molecule has 1 saturated carbocycles. The number of nitriles is 1. The van der Waals surface area contributed by atoms with Gasteiger partial charge in [0.25, 0.3) is 0 Å². The molecule has 0 aliphatic heterocycles. The molecule has 1 aromatic carbocycles. The first-order valence-electron chi connectivity index (χ1n) is 6.31. The minimum atomic E-state index is -1.10. The van der Waals surface area contributed by atoms with Crippen molar-refractivity contribution in [2.24, 2.45) is 11.3 Å². The molecule has 2 nitrogen and oxygen atoms in total. The lowest BCUT2D eigenvalue weighted by molar-refractivity contribution is -0.0439. The van der Waals surface area contributed by atoms with Crippen LogP contribution in [-0.2, 0) is 5.60 Å². The van der Waals surface area contributed by atoms with Crippen LogP contribution in [-0.4, -0.2) is 5.11 Å². The zero-order valence-electron chi connectivity index (χ0n) is 10.8. The average molecular weight is 308 g/mol. The van der Waals surface area contributed by atoms with E-state index in [2.05, 4.69) is 28.9 Å². The highest BCUT2D eigenvalue weighted by molar-refractivity contribution is 9.10. The van der Waals surface area contributed by atoms with Crippen molar-refractivity contribution in [3.63, 3.8) is 0 Å². The highest BCUT2D eigenvalue weighted by atomic mass is 79.9. The molecule has 3 unspecified atom stereocenters. The quantitative estimate of drug-likeness (QED) is 0.898. The maximum atomic E-state index is 10.9. The van der Waals surface area contributed by atoms with Crippen molar-refractivity contribution in [2.45, 2.75) is 38.7 Å². The summed E-state index contributed by atoms with van der Waals surface area (Å²) in [4.78, 5) is 0. The molecule has 1 N–H and O–H groups in total. The second-order valence-corrected chi connectivity index (χ2v) is 6.54. The van der Waals surface area contributed by atoms with Crippen LogP contribution in [0, 0.1) is 22.7 Å². The highest BCUT2D eigenvalue weighted by Crippen LogP contribution is 2.52. The van der Waals surface area contributed by atoms with E-state index in [1.807, 2.05) is 24.3 Å². The molecule has 1 fully saturated rings. The van der Waals surface area contributed by atoms with Crippen LogP contribution >= 0.6 is 15.9 Å². The fourth-order valence-electron chi connectivity index (χ4n) is 3.01. The Morgan fingerprint density at radius 1 is 1.56 bits per heavy atom. The summed E-state index contributed by atoms with van der Waals surface area (Å²) in [6, 6.07) is 10.0. The minimum Gasteiger partial charge on any atom is -0.384 e. The van der Waals surface area contributed by atoms with Crippen molar-refractivity contribution < 1.29 is 5.11 Å². The molecule has 0 radical (unpaired) electrons. The van der Waals surface area contributed by atoms with E-state index in [0.717, 1.165) is 29.3 Å². The lowest BCUT2D eigenvalue weighted by Crippen LogP contribution is -2.41. The Labute approximate surface area is 117 Å². The predicted octanol–water partition coefficient (Wildman–Crippen LogP) is 3.99. The lowest BCUT2D eigenvalue weighted by atomic mass is 9.68. The molecule has 1 aromatic rings. The maximum absolute atomic E-state index is 10.9. The Kier molecular flexibility index (Phi) is 3.53. The Balaban J connectivity index is 2.44. The van der Waals surface area contributed by atoms with Gasteiger partial charge in [-0.2, -0.15) is 5.26 Å². The number of nitrogens with zero attached hydrogens (tertiary/aromatic N) is 1. The molecule has 3 heteroatoms. The molecular formula is C15H18BrNO. The first kappa shape index (κ1) is 13.6. The summed E-state index contributed by atoms with van der Waals surface area (Å²) in [5.41, 5.74) is -0.948.